The average molecular weight is 495 g/mol. The third-order valence-corrected chi connectivity index (χ3v) is 7.26. The molecule has 2 heterocycles. The zero-order chi connectivity index (χ0) is 25.1. The number of aliphatic imine (C=N–C) groups is 1. The third-order valence-electron chi connectivity index (χ3n) is 6.09. The predicted molar refractivity (Wildman–Crippen MR) is 146 cm³/mol. The van der Waals surface area contributed by atoms with Crippen molar-refractivity contribution in [2.24, 2.45) is 4.99 Å². The maximum Gasteiger partial charge on any atom is 0.243 e. The Labute approximate surface area is 214 Å². The molecule has 1 aliphatic rings. The van der Waals surface area contributed by atoms with Crippen LogP contribution in [0.25, 0.3) is 10.8 Å². The topological polar surface area (TPSA) is 74.7 Å². The summed E-state index contributed by atoms with van der Waals surface area (Å²) < 4.78 is 0. The highest BCUT2D eigenvalue weighted by Crippen LogP contribution is 2.35. The Kier molecular flexibility index (Phi) is 6.82. The molecule has 1 unspecified atom stereocenters. The summed E-state index contributed by atoms with van der Waals surface area (Å²) in [4.78, 5) is 37.4. The van der Waals surface area contributed by atoms with Crippen LogP contribution in [0.4, 0.5) is 11.4 Å². The first-order chi connectivity index (χ1) is 17.5. The number of hydrogen-bond donors (Lipinski definition) is 1. The van der Waals surface area contributed by atoms with E-state index in [9.17, 15) is 9.59 Å². The van der Waals surface area contributed by atoms with Crippen LogP contribution >= 0.6 is 11.8 Å². The van der Waals surface area contributed by atoms with E-state index in [1.807, 2.05) is 92.7 Å². The van der Waals surface area contributed by atoms with Gasteiger partial charge in [-0.2, -0.15) is 0 Å². The number of fused-ring (bicyclic) bond motifs is 1. The summed E-state index contributed by atoms with van der Waals surface area (Å²) in [5.41, 5.74) is 4.36. The Morgan fingerprint density at radius 2 is 1.83 bits per heavy atom. The van der Waals surface area contributed by atoms with Crippen molar-refractivity contribution in [2.45, 2.75) is 32.1 Å². The smallest absolute Gasteiger partial charge is 0.243 e. The molecule has 7 heteroatoms. The maximum atomic E-state index is 13.5. The molecule has 1 fully saturated rings. The van der Waals surface area contributed by atoms with E-state index in [-0.39, 0.29) is 18.2 Å². The number of amidine groups is 1. The van der Waals surface area contributed by atoms with E-state index in [0.29, 0.717) is 11.7 Å². The largest absolute Gasteiger partial charge is 0.326 e. The number of amides is 2. The molecule has 5 rings (SSSR count). The van der Waals surface area contributed by atoms with Crippen molar-refractivity contribution in [2.75, 3.05) is 5.32 Å². The van der Waals surface area contributed by atoms with Crippen molar-refractivity contribution in [3.63, 3.8) is 0 Å². The van der Waals surface area contributed by atoms with E-state index >= 15 is 0 Å². The minimum atomic E-state index is -0.562. The van der Waals surface area contributed by atoms with Crippen LogP contribution in [0, 0.1) is 13.8 Å². The molecule has 1 atom stereocenters. The minimum absolute atomic E-state index is 0.0597. The standard InChI is InChI=1S/C29H26N4O2S/c1-19-13-14-20(2)25(16-19)31-27(34)17-26-28(35)33(18-22-10-5-6-15-30-22)29(36-26)32-24-12-7-9-21-8-3-4-11-23(21)24/h3-16,26H,17-18H2,1-2H3,(H,31,34). The number of nitrogens with zero attached hydrogens (tertiary/aromatic N) is 3. The molecule has 3 aromatic carbocycles. The minimum Gasteiger partial charge on any atom is -0.326 e. The molecule has 1 saturated heterocycles. The Bertz CT molecular complexity index is 1460. The molecule has 36 heavy (non-hydrogen) atoms. The van der Waals surface area contributed by atoms with Crippen LogP contribution in [0.3, 0.4) is 0 Å². The van der Waals surface area contributed by atoms with Gasteiger partial charge in [-0.3, -0.25) is 19.5 Å². The molecule has 0 saturated carbocycles. The van der Waals surface area contributed by atoms with Gasteiger partial charge in [0.05, 0.1) is 17.9 Å². The molecular weight excluding hydrogens is 468 g/mol. The summed E-state index contributed by atoms with van der Waals surface area (Å²) in [6.45, 7) is 4.23. The number of anilines is 1. The fourth-order valence-corrected chi connectivity index (χ4v) is 5.32. The summed E-state index contributed by atoms with van der Waals surface area (Å²) in [6, 6.07) is 25.5. The van der Waals surface area contributed by atoms with E-state index in [1.54, 1.807) is 11.1 Å². The number of thioether (sulfide) groups is 1. The Morgan fingerprint density at radius 1 is 1.03 bits per heavy atom. The molecule has 6 nitrogen and oxygen atoms in total. The zero-order valence-corrected chi connectivity index (χ0v) is 21.0. The number of aromatic nitrogens is 1. The first kappa shape index (κ1) is 23.8. The molecule has 0 radical (unpaired) electrons. The van der Waals surface area contributed by atoms with Crippen molar-refractivity contribution in [1.29, 1.82) is 0 Å². The van der Waals surface area contributed by atoms with Crippen LogP contribution < -0.4 is 5.32 Å². The third kappa shape index (κ3) is 5.16. The second-order valence-corrected chi connectivity index (χ2v) is 9.99. The van der Waals surface area contributed by atoms with Gasteiger partial charge in [0.25, 0.3) is 0 Å². The molecule has 0 spiro atoms. The second kappa shape index (κ2) is 10.3. The van der Waals surface area contributed by atoms with Gasteiger partial charge in [0.1, 0.15) is 5.25 Å². The quantitative estimate of drug-likeness (QED) is 0.356. The van der Waals surface area contributed by atoms with Gasteiger partial charge >= 0.3 is 0 Å². The van der Waals surface area contributed by atoms with Crippen LogP contribution in [-0.2, 0) is 16.1 Å². The SMILES string of the molecule is Cc1ccc(C)c(NC(=O)CC2SC(=Nc3cccc4ccccc34)N(Cc3ccccn3)C2=O)c1. The van der Waals surface area contributed by atoms with Gasteiger partial charge < -0.3 is 5.32 Å². The normalized spacial score (nSPS) is 16.6. The predicted octanol–water partition coefficient (Wildman–Crippen LogP) is 6.01. The fourth-order valence-electron chi connectivity index (χ4n) is 4.17. The monoisotopic (exact) mass is 494 g/mol. The molecule has 2 amide bonds. The lowest BCUT2D eigenvalue weighted by Gasteiger charge is -2.16. The number of rotatable bonds is 6. The lowest BCUT2D eigenvalue weighted by Crippen LogP contribution is -2.33. The van der Waals surface area contributed by atoms with Gasteiger partial charge in [-0.15, -0.1) is 0 Å². The van der Waals surface area contributed by atoms with Crippen molar-refractivity contribution in [1.82, 2.24) is 9.88 Å². The zero-order valence-electron chi connectivity index (χ0n) is 20.1. The van der Waals surface area contributed by atoms with Gasteiger partial charge in [-0.25, -0.2) is 4.99 Å². The van der Waals surface area contributed by atoms with Gasteiger partial charge in [-0.05, 0) is 54.6 Å². The first-order valence-electron chi connectivity index (χ1n) is 11.8. The van der Waals surface area contributed by atoms with Crippen LogP contribution in [0.5, 0.6) is 0 Å². The summed E-state index contributed by atoms with van der Waals surface area (Å²) >= 11 is 1.33. The molecule has 1 N–H and O–H groups in total. The van der Waals surface area contributed by atoms with Crippen molar-refractivity contribution in [3.05, 3.63) is 102 Å². The van der Waals surface area contributed by atoms with Crippen LogP contribution in [0.2, 0.25) is 0 Å². The van der Waals surface area contributed by atoms with E-state index in [1.165, 1.54) is 11.8 Å². The lowest BCUT2D eigenvalue weighted by atomic mass is 10.1. The van der Waals surface area contributed by atoms with Crippen LogP contribution in [0.1, 0.15) is 23.2 Å². The number of pyridine rings is 1. The number of carbonyl (C=O) groups is 2. The fraction of sp³-hybridized carbons (Fsp3) is 0.172. The number of benzene rings is 3. The van der Waals surface area contributed by atoms with Crippen molar-refractivity contribution < 1.29 is 9.59 Å². The van der Waals surface area contributed by atoms with Crippen molar-refractivity contribution in [3.8, 4) is 0 Å². The van der Waals surface area contributed by atoms with Gasteiger partial charge in [-0.1, -0.05) is 66.4 Å². The average Bonchev–Trinajstić information content (AvgIpc) is 3.16. The molecule has 4 aromatic rings. The molecular formula is C29H26N4O2S. The van der Waals surface area contributed by atoms with E-state index in [0.717, 1.165) is 39.0 Å². The van der Waals surface area contributed by atoms with Crippen LogP contribution in [0.15, 0.2) is 90.1 Å². The Balaban J connectivity index is 1.43. The molecule has 1 aromatic heterocycles. The highest BCUT2D eigenvalue weighted by molar-refractivity contribution is 8.15. The van der Waals surface area contributed by atoms with Crippen molar-refractivity contribution >= 4 is 50.9 Å². The summed E-state index contributed by atoms with van der Waals surface area (Å²) in [7, 11) is 0. The van der Waals surface area contributed by atoms with Gasteiger partial charge in [0.2, 0.25) is 11.8 Å². The molecule has 0 bridgehead atoms. The highest BCUT2D eigenvalue weighted by atomic mass is 32.2. The van der Waals surface area contributed by atoms with Gasteiger partial charge in [0, 0.05) is 23.7 Å². The molecule has 180 valence electrons. The number of hydrogen-bond acceptors (Lipinski definition) is 5. The first-order valence-corrected chi connectivity index (χ1v) is 12.7. The summed E-state index contributed by atoms with van der Waals surface area (Å²) in [5.74, 6) is -0.334. The van der Waals surface area contributed by atoms with E-state index in [2.05, 4.69) is 10.3 Å². The van der Waals surface area contributed by atoms with E-state index in [4.69, 9.17) is 4.99 Å². The molecule has 1 aliphatic heterocycles. The second-order valence-electron chi connectivity index (χ2n) is 8.82. The Morgan fingerprint density at radius 3 is 2.67 bits per heavy atom. The number of carbonyl (C=O) groups excluding carboxylic acids is 2. The summed E-state index contributed by atoms with van der Waals surface area (Å²) in [5, 5.41) is 5.08. The van der Waals surface area contributed by atoms with Gasteiger partial charge in [0.15, 0.2) is 5.17 Å². The Hall–Kier alpha value is -3.97. The number of nitrogens with one attached hydrogen (secondary N) is 1. The number of aryl methyl sites for hydroxylation is 2. The maximum absolute atomic E-state index is 13.5. The molecule has 0 aliphatic carbocycles. The summed E-state index contributed by atoms with van der Waals surface area (Å²) in [6.07, 6.45) is 1.77. The van der Waals surface area contributed by atoms with E-state index < -0.39 is 5.25 Å². The lowest BCUT2D eigenvalue weighted by molar-refractivity contribution is -0.128. The highest BCUT2D eigenvalue weighted by Gasteiger charge is 2.39. The van der Waals surface area contributed by atoms with Crippen LogP contribution in [-0.4, -0.2) is 32.1 Å².